The highest BCUT2D eigenvalue weighted by Gasteiger charge is 2.25. The van der Waals surface area contributed by atoms with E-state index in [-0.39, 0.29) is 0 Å². The first kappa shape index (κ1) is 14.1. The van der Waals surface area contributed by atoms with Crippen molar-refractivity contribution >= 4 is 18.4 Å². The van der Waals surface area contributed by atoms with Crippen LogP contribution in [0.15, 0.2) is 12.1 Å². The highest BCUT2D eigenvalue weighted by molar-refractivity contribution is 6.57. The molecule has 19 heavy (non-hydrogen) atoms. The topological polar surface area (TPSA) is 41.3 Å². The molecular weight excluding hydrogens is 254 g/mol. The molecule has 0 bridgehead atoms. The quantitative estimate of drug-likeness (QED) is 0.652. The van der Waals surface area contributed by atoms with Gasteiger partial charge < -0.3 is 28.9 Å². The van der Waals surface area contributed by atoms with Crippen LogP contribution in [0, 0.1) is 6.92 Å². The van der Waals surface area contributed by atoms with Crippen molar-refractivity contribution in [3.8, 4) is 0 Å². The molecule has 0 aliphatic carbocycles. The first-order valence-corrected chi connectivity index (χ1v) is 6.42. The average Bonchev–Trinajstić information content (AvgIpc) is 2.32. The Morgan fingerprint density at radius 1 is 1.26 bits per heavy atom. The molecule has 7 heteroatoms. The number of hydrogen-bond acceptors (Lipinski definition) is 3. The minimum atomic E-state index is -4.84. The second-order valence-electron chi connectivity index (χ2n) is 4.98. The van der Waals surface area contributed by atoms with Gasteiger partial charge in [-0.15, -0.1) is 0 Å². The predicted molar refractivity (Wildman–Crippen MR) is 73.5 cm³/mol. The van der Waals surface area contributed by atoms with Gasteiger partial charge in [-0.2, -0.15) is 0 Å². The molecule has 1 fully saturated rings. The van der Waals surface area contributed by atoms with Crippen LogP contribution in [0.25, 0.3) is 0 Å². The number of nitrogen functional groups attached to an aromatic ring is 1. The van der Waals surface area contributed by atoms with Gasteiger partial charge in [-0.3, -0.25) is 0 Å². The number of piperazine rings is 1. The molecule has 1 aliphatic rings. The van der Waals surface area contributed by atoms with E-state index in [1.807, 2.05) is 0 Å². The summed E-state index contributed by atoms with van der Waals surface area (Å²) in [4.78, 5) is 2.09. The van der Waals surface area contributed by atoms with E-state index in [4.69, 9.17) is 5.73 Å². The van der Waals surface area contributed by atoms with Crippen LogP contribution in [-0.4, -0.2) is 33.2 Å². The van der Waals surface area contributed by atoms with E-state index >= 15 is 0 Å². The van der Waals surface area contributed by atoms with Crippen molar-refractivity contribution < 1.29 is 12.9 Å². The Kier molecular flexibility index (Phi) is 3.94. The van der Waals surface area contributed by atoms with E-state index in [2.05, 4.69) is 10.2 Å². The maximum atomic E-state index is 12.6. The number of nitrogens with two attached hydrogens (primary N) is 1. The highest BCUT2D eigenvalue weighted by Crippen LogP contribution is 2.30. The van der Waals surface area contributed by atoms with E-state index in [1.54, 1.807) is 13.0 Å². The summed E-state index contributed by atoms with van der Waals surface area (Å²) >= 11 is 0. The van der Waals surface area contributed by atoms with Crippen LogP contribution in [0.4, 0.5) is 24.3 Å². The molecule has 2 rings (SSSR count). The second-order valence-corrected chi connectivity index (χ2v) is 4.98. The minimum absolute atomic E-state index is 0.293. The van der Waals surface area contributed by atoms with E-state index in [0.29, 0.717) is 16.8 Å². The van der Waals surface area contributed by atoms with Crippen molar-refractivity contribution in [3.63, 3.8) is 0 Å². The Labute approximate surface area is 111 Å². The van der Waals surface area contributed by atoms with Gasteiger partial charge in [-0.1, -0.05) is 11.9 Å². The Morgan fingerprint density at radius 2 is 1.89 bits per heavy atom. The number of hydrogen-bond donors (Lipinski definition) is 2. The number of halogens is 3. The van der Waals surface area contributed by atoms with Crippen LogP contribution >= 0.6 is 0 Å². The normalized spacial score (nSPS) is 16.7. The zero-order chi connectivity index (χ0) is 14.0. The fraction of sp³-hybridized carbons (Fsp3) is 0.500. The number of benzene rings is 1. The van der Waals surface area contributed by atoms with E-state index < -0.39 is 13.3 Å². The van der Waals surface area contributed by atoms with Gasteiger partial charge in [0, 0.05) is 37.6 Å². The molecule has 1 aromatic rings. The number of nitrogens with zero attached hydrogens (tertiary/aromatic N) is 1. The van der Waals surface area contributed by atoms with Crippen molar-refractivity contribution in [2.24, 2.45) is 0 Å². The van der Waals surface area contributed by atoms with E-state index in [0.717, 1.165) is 31.9 Å². The third-order valence-electron chi connectivity index (χ3n) is 3.42. The molecular formula is C12H18BF3N3-. The van der Waals surface area contributed by atoms with Crippen LogP contribution < -0.4 is 16.0 Å². The fourth-order valence-corrected chi connectivity index (χ4v) is 2.48. The van der Waals surface area contributed by atoms with Crippen molar-refractivity contribution in [3.05, 3.63) is 23.3 Å². The van der Waals surface area contributed by atoms with Crippen molar-refractivity contribution in [1.29, 1.82) is 0 Å². The minimum Gasteiger partial charge on any atom is -0.449 e. The molecule has 0 aromatic heterocycles. The molecule has 1 saturated heterocycles. The van der Waals surface area contributed by atoms with Gasteiger partial charge >= 0.3 is 6.98 Å². The van der Waals surface area contributed by atoms with Crippen LogP contribution in [0.1, 0.15) is 11.1 Å². The summed E-state index contributed by atoms with van der Waals surface area (Å²) in [6.07, 6.45) is -0.865. The smallest absolute Gasteiger partial charge is 0.449 e. The Hall–Kier alpha value is -1.37. The molecule has 1 heterocycles. The summed E-state index contributed by atoms with van der Waals surface area (Å²) in [5.74, 6) is 0. The zero-order valence-corrected chi connectivity index (χ0v) is 10.9. The lowest BCUT2D eigenvalue weighted by Crippen LogP contribution is -2.44. The van der Waals surface area contributed by atoms with Crippen molar-refractivity contribution in [2.45, 2.75) is 13.2 Å². The number of nitrogens with one attached hydrogen (secondary N) is 1. The maximum Gasteiger partial charge on any atom is 0.482 e. The van der Waals surface area contributed by atoms with Crippen molar-refractivity contribution in [1.82, 2.24) is 5.32 Å². The Bertz CT molecular complexity index is 456. The molecule has 1 aliphatic heterocycles. The third-order valence-corrected chi connectivity index (χ3v) is 3.42. The van der Waals surface area contributed by atoms with Gasteiger partial charge in [0.1, 0.15) is 0 Å². The lowest BCUT2D eigenvalue weighted by molar-refractivity contribution is 0.468. The third kappa shape index (κ3) is 3.56. The molecule has 1 aromatic carbocycles. The van der Waals surface area contributed by atoms with E-state index in [9.17, 15) is 12.9 Å². The van der Waals surface area contributed by atoms with Crippen LogP contribution in [0.3, 0.4) is 0 Å². The van der Waals surface area contributed by atoms with Crippen LogP contribution in [0.5, 0.6) is 0 Å². The molecule has 0 amide bonds. The summed E-state index contributed by atoms with van der Waals surface area (Å²) in [5, 5.41) is 3.22. The molecule has 0 atom stereocenters. The Balaban J connectivity index is 2.33. The maximum absolute atomic E-state index is 12.6. The molecule has 0 unspecified atom stereocenters. The first-order valence-electron chi connectivity index (χ1n) is 6.42. The molecule has 0 spiro atoms. The van der Waals surface area contributed by atoms with Gasteiger partial charge in [-0.25, -0.2) is 0 Å². The number of rotatable bonds is 3. The van der Waals surface area contributed by atoms with Gasteiger partial charge in [-0.05, 0) is 24.6 Å². The lowest BCUT2D eigenvalue weighted by atomic mass is 9.80. The van der Waals surface area contributed by atoms with Gasteiger partial charge in [0.05, 0.1) is 0 Å². The molecule has 0 radical (unpaired) electrons. The largest absolute Gasteiger partial charge is 0.482 e. The summed E-state index contributed by atoms with van der Waals surface area (Å²) < 4.78 is 37.9. The molecule has 3 N–H and O–H groups in total. The molecule has 0 saturated carbocycles. The average molecular weight is 272 g/mol. The van der Waals surface area contributed by atoms with E-state index in [1.165, 1.54) is 6.07 Å². The van der Waals surface area contributed by atoms with Gasteiger partial charge in [0.2, 0.25) is 0 Å². The predicted octanol–water partition coefficient (Wildman–Crippen LogP) is 1.92. The molecule has 3 nitrogen and oxygen atoms in total. The summed E-state index contributed by atoms with van der Waals surface area (Å²) in [6, 6.07) is 3.21. The van der Waals surface area contributed by atoms with Crippen LogP contribution in [-0.2, 0) is 6.32 Å². The van der Waals surface area contributed by atoms with Crippen LogP contribution in [0.2, 0.25) is 0 Å². The fourth-order valence-electron chi connectivity index (χ4n) is 2.48. The number of anilines is 2. The Morgan fingerprint density at radius 3 is 2.47 bits per heavy atom. The SMILES string of the molecule is Cc1c(C[B-](F)(F)F)cc(N)cc1N1CCNCC1. The lowest BCUT2D eigenvalue weighted by Gasteiger charge is -2.32. The zero-order valence-electron chi connectivity index (χ0n) is 10.9. The summed E-state index contributed by atoms with van der Waals surface area (Å²) in [6.45, 7) is 0.169. The molecule has 106 valence electrons. The second kappa shape index (κ2) is 5.32. The van der Waals surface area contributed by atoms with Gasteiger partial charge in [0.25, 0.3) is 0 Å². The standard InChI is InChI=1S/C12H18BF3N3/c1-9-10(8-13(14,15)16)6-11(17)7-12(9)19-4-2-18-3-5-19/h6-7,18H,2-5,8,17H2,1H3/q-1. The monoisotopic (exact) mass is 272 g/mol. The van der Waals surface area contributed by atoms with Gasteiger partial charge in [0.15, 0.2) is 0 Å². The first-order chi connectivity index (χ1) is 8.87. The summed E-state index contributed by atoms with van der Waals surface area (Å²) in [7, 11) is 0. The van der Waals surface area contributed by atoms with Crippen molar-refractivity contribution in [2.75, 3.05) is 36.8 Å². The highest BCUT2D eigenvalue weighted by atomic mass is 19.4. The summed E-state index contributed by atoms with van der Waals surface area (Å²) in [5.41, 5.74) is 7.96.